The number of ether oxygens (including phenoxy) is 2. The van der Waals surface area contributed by atoms with E-state index >= 15 is 0 Å². The quantitative estimate of drug-likeness (QED) is 0.266. The Morgan fingerprint density at radius 3 is 2.38 bits per heavy atom. The summed E-state index contributed by atoms with van der Waals surface area (Å²) in [7, 11) is -1.98. The Bertz CT molecular complexity index is 1770. The topological polar surface area (TPSA) is 84.8 Å². The van der Waals surface area contributed by atoms with Crippen LogP contribution in [0.2, 0.25) is 0 Å². The van der Waals surface area contributed by atoms with Crippen LogP contribution in [0.25, 0.3) is 10.9 Å². The maximum absolute atomic E-state index is 13.7. The highest BCUT2D eigenvalue weighted by atomic mass is 32.2. The van der Waals surface area contributed by atoms with Gasteiger partial charge in [0.15, 0.2) is 9.84 Å². The summed E-state index contributed by atoms with van der Waals surface area (Å²) in [4.78, 5) is 2.77. The molecule has 1 saturated carbocycles. The number of likely N-dealkylation sites (tertiary alicyclic amines) is 1. The minimum Gasteiger partial charge on any atom is -0.495 e. The van der Waals surface area contributed by atoms with Crippen molar-refractivity contribution in [1.29, 1.82) is 0 Å². The van der Waals surface area contributed by atoms with E-state index in [0.717, 1.165) is 70.2 Å². The molecule has 0 bridgehead atoms. The van der Waals surface area contributed by atoms with E-state index in [0.29, 0.717) is 22.3 Å². The van der Waals surface area contributed by atoms with Crippen LogP contribution in [0.5, 0.6) is 5.75 Å². The minimum atomic E-state index is -4.43. The number of alkyl halides is 3. The highest BCUT2D eigenvalue weighted by molar-refractivity contribution is 7.90. The van der Waals surface area contributed by atoms with Gasteiger partial charge < -0.3 is 24.7 Å². The van der Waals surface area contributed by atoms with Crippen molar-refractivity contribution in [3.8, 4) is 17.6 Å². The van der Waals surface area contributed by atoms with E-state index in [4.69, 9.17) is 9.47 Å². The Labute approximate surface area is 274 Å². The molecule has 3 heterocycles. The number of methoxy groups -OCH3 is 1. The fourth-order valence-corrected chi connectivity index (χ4v) is 7.98. The number of hydrogen-bond donors (Lipinski definition) is 2. The average molecular weight is 673 g/mol. The van der Waals surface area contributed by atoms with Gasteiger partial charge in [-0.3, -0.25) is 4.90 Å². The molecule has 3 aliphatic rings. The molecule has 47 heavy (non-hydrogen) atoms. The molecule has 0 unspecified atom stereocenters. The van der Waals surface area contributed by atoms with E-state index in [1.54, 1.807) is 24.3 Å². The van der Waals surface area contributed by atoms with Gasteiger partial charge in [0.25, 0.3) is 0 Å². The number of nitrogens with one attached hydrogen (secondary N) is 2. The van der Waals surface area contributed by atoms with Crippen molar-refractivity contribution >= 4 is 32.1 Å². The van der Waals surface area contributed by atoms with E-state index < -0.39 is 22.6 Å². The standard InChI is InChI=1S/C35H43F3N4O4S/c1-33(41-19-15-34(16-20-41)17-21-46-34)13-11-25(12-14-33)40-29-7-4-8-31-28(29)22-26(42(31)24-35(36,37)38)6-5-18-39-30-10-9-27(47(3,43)44)23-32(30)45-2/h4,7-10,22-23,25,39-40H,11-21,24H2,1-3H3. The molecule has 3 aromatic rings. The van der Waals surface area contributed by atoms with Crippen molar-refractivity contribution in [3.05, 3.63) is 48.2 Å². The first-order valence-electron chi connectivity index (χ1n) is 16.2. The molecule has 0 radical (unpaired) electrons. The highest BCUT2D eigenvalue weighted by Gasteiger charge is 2.45. The molecule has 254 valence electrons. The highest BCUT2D eigenvalue weighted by Crippen LogP contribution is 2.42. The Kier molecular flexibility index (Phi) is 9.19. The SMILES string of the molecule is COc1cc(S(C)(=O)=O)ccc1NCC#Cc1cc2c(NC3CCC(C)(N4CCC5(CCO5)CC4)CC3)cccc2n1CC(F)(F)F. The van der Waals surface area contributed by atoms with E-state index in [1.807, 2.05) is 6.07 Å². The lowest BCUT2D eigenvalue weighted by molar-refractivity contribution is -0.180. The largest absolute Gasteiger partial charge is 0.495 e. The second kappa shape index (κ2) is 12.9. The van der Waals surface area contributed by atoms with Gasteiger partial charge in [0.05, 0.1) is 47.7 Å². The molecule has 2 N–H and O–H groups in total. The third kappa shape index (κ3) is 7.37. The summed E-state index contributed by atoms with van der Waals surface area (Å²) in [5.74, 6) is 6.19. The Morgan fingerprint density at radius 1 is 1.04 bits per heavy atom. The molecule has 8 nitrogen and oxygen atoms in total. The Balaban J connectivity index is 1.16. The molecule has 1 aromatic heterocycles. The molecule has 1 aliphatic carbocycles. The van der Waals surface area contributed by atoms with Crippen molar-refractivity contribution < 1.29 is 31.1 Å². The van der Waals surface area contributed by atoms with Gasteiger partial charge in [0.2, 0.25) is 0 Å². The average Bonchev–Trinajstić information content (AvgIpc) is 3.35. The molecule has 12 heteroatoms. The summed E-state index contributed by atoms with van der Waals surface area (Å²) in [5, 5.41) is 7.45. The fraction of sp³-hybridized carbons (Fsp3) is 0.543. The number of halogens is 3. The van der Waals surface area contributed by atoms with Crippen molar-refractivity contribution in [1.82, 2.24) is 9.47 Å². The molecular weight excluding hydrogens is 629 g/mol. The first-order chi connectivity index (χ1) is 22.3. The van der Waals surface area contributed by atoms with E-state index in [-0.39, 0.29) is 34.3 Å². The number of hydrogen-bond acceptors (Lipinski definition) is 7. The molecule has 0 amide bonds. The Hall–Kier alpha value is -3.40. The number of anilines is 2. The van der Waals surface area contributed by atoms with Crippen LogP contribution in [0.1, 0.15) is 57.6 Å². The molecule has 2 aliphatic heterocycles. The summed E-state index contributed by atoms with van der Waals surface area (Å²) < 4.78 is 77.5. The van der Waals surface area contributed by atoms with Crippen LogP contribution in [-0.4, -0.2) is 80.8 Å². The molecule has 1 spiro atoms. The van der Waals surface area contributed by atoms with Crippen LogP contribution in [0.4, 0.5) is 24.5 Å². The van der Waals surface area contributed by atoms with Crippen LogP contribution in [-0.2, 0) is 21.1 Å². The lowest BCUT2D eigenvalue weighted by atomic mass is 9.76. The van der Waals surface area contributed by atoms with Crippen LogP contribution in [0.3, 0.4) is 0 Å². The molecule has 2 saturated heterocycles. The predicted octanol–water partition coefficient (Wildman–Crippen LogP) is 6.45. The summed E-state index contributed by atoms with van der Waals surface area (Å²) in [6.07, 6.45) is 4.19. The zero-order chi connectivity index (χ0) is 33.5. The van der Waals surface area contributed by atoms with Crippen LogP contribution in [0, 0.1) is 11.8 Å². The first kappa shape index (κ1) is 33.5. The number of aromatic nitrogens is 1. The van der Waals surface area contributed by atoms with E-state index in [9.17, 15) is 21.6 Å². The van der Waals surface area contributed by atoms with Gasteiger partial charge in [-0.2, -0.15) is 13.2 Å². The Morgan fingerprint density at radius 2 is 1.77 bits per heavy atom. The van der Waals surface area contributed by atoms with Crippen LogP contribution < -0.4 is 15.4 Å². The summed E-state index contributed by atoms with van der Waals surface area (Å²) in [6.45, 7) is 4.37. The molecular formula is C35H43F3N4O4S. The summed E-state index contributed by atoms with van der Waals surface area (Å²) >= 11 is 0. The van der Waals surface area contributed by atoms with Crippen molar-refractivity contribution in [2.45, 2.75) is 86.7 Å². The second-order valence-electron chi connectivity index (χ2n) is 13.4. The minimum absolute atomic E-state index is 0.110. The fourth-order valence-electron chi connectivity index (χ4n) is 7.35. The predicted molar refractivity (Wildman–Crippen MR) is 178 cm³/mol. The number of benzene rings is 2. The molecule has 0 atom stereocenters. The van der Waals surface area contributed by atoms with Gasteiger partial charge in [-0.05, 0) is 88.1 Å². The van der Waals surface area contributed by atoms with Gasteiger partial charge in [-0.15, -0.1) is 0 Å². The van der Waals surface area contributed by atoms with Gasteiger partial charge in [-0.25, -0.2) is 8.42 Å². The maximum atomic E-state index is 13.7. The zero-order valence-corrected chi connectivity index (χ0v) is 28.0. The first-order valence-corrected chi connectivity index (χ1v) is 18.1. The molecule has 2 aromatic carbocycles. The van der Waals surface area contributed by atoms with Gasteiger partial charge in [0, 0.05) is 48.1 Å². The number of rotatable bonds is 8. The second-order valence-corrected chi connectivity index (χ2v) is 15.5. The van der Waals surface area contributed by atoms with E-state index in [2.05, 4.69) is 34.3 Å². The summed E-state index contributed by atoms with van der Waals surface area (Å²) in [5.41, 5.74) is 2.37. The van der Waals surface area contributed by atoms with Crippen molar-refractivity contribution in [2.75, 3.05) is 50.2 Å². The van der Waals surface area contributed by atoms with Gasteiger partial charge in [-0.1, -0.05) is 12.0 Å². The van der Waals surface area contributed by atoms with E-state index in [1.165, 1.54) is 30.2 Å². The van der Waals surface area contributed by atoms with Crippen LogP contribution >= 0.6 is 0 Å². The monoisotopic (exact) mass is 672 g/mol. The third-order valence-electron chi connectivity index (χ3n) is 10.3. The number of piperidine rings is 1. The molecule has 3 fully saturated rings. The smallest absolute Gasteiger partial charge is 0.406 e. The lowest BCUT2D eigenvalue weighted by Gasteiger charge is -2.53. The third-order valence-corrected chi connectivity index (χ3v) is 11.4. The van der Waals surface area contributed by atoms with Gasteiger partial charge in [0.1, 0.15) is 12.3 Å². The number of fused-ring (bicyclic) bond motifs is 1. The zero-order valence-electron chi connectivity index (χ0n) is 27.2. The van der Waals surface area contributed by atoms with Crippen LogP contribution in [0.15, 0.2) is 47.4 Å². The maximum Gasteiger partial charge on any atom is 0.406 e. The molecule has 6 rings (SSSR count). The summed E-state index contributed by atoms with van der Waals surface area (Å²) in [6, 6.07) is 11.9. The van der Waals surface area contributed by atoms with Gasteiger partial charge >= 0.3 is 6.18 Å². The number of nitrogens with zero attached hydrogens (tertiary/aromatic N) is 2. The van der Waals surface area contributed by atoms with Crippen molar-refractivity contribution in [3.63, 3.8) is 0 Å². The number of sulfone groups is 1. The lowest BCUT2D eigenvalue weighted by Crippen LogP contribution is -2.58. The van der Waals surface area contributed by atoms with Crippen molar-refractivity contribution in [2.24, 2.45) is 0 Å². The normalized spacial score (nSPS) is 23.1.